The number of hydrogen-bond donors (Lipinski definition) is 3. The van der Waals surface area contributed by atoms with Gasteiger partial charge in [0, 0.05) is 0 Å². The Morgan fingerprint density at radius 1 is 1.37 bits per heavy atom. The number of nitrogens with two attached hydrogens (primary N) is 1. The van der Waals surface area contributed by atoms with Crippen molar-refractivity contribution in [2.24, 2.45) is 10.2 Å². The molecule has 144 valence electrons. The van der Waals surface area contributed by atoms with Crippen LogP contribution >= 0.6 is 22.9 Å². The summed E-state index contributed by atoms with van der Waals surface area (Å²) in [6.45, 7) is 1.42. The summed E-state index contributed by atoms with van der Waals surface area (Å²) in [5, 5.41) is 10.7. The lowest BCUT2D eigenvalue weighted by Crippen LogP contribution is -2.11. The van der Waals surface area contributed by atoms with Crippen LogP contribution in [0.4, 0.5) is 16.6 Å². The maximum atomic E-state index is 11.3. The Balaban J connectivity index is 1.96. The molecule has 1 aromatic carbocycles. The van der Waals surface area contributed by atoms with E-state index in [1.165, 1.54) is 25.3 Å². The first kappa shape index (κ1) is 19.6. The highest BCUT2D eigenvalue weighted by Gasteiger charge is 2.18. The lowest BCUT2D eigenvalue weighted by atomic mass is 10.3. The molecule has 0 saturated carbocycles. The molecule has 15 heteroatoms. The van der Waals surface area contributed by atoms with Crippen molar-refractivity contribution >= 4 is 70.6 Å². The van der Waals surface area contributed by atoms with E-state index >= 15 is 0 Å². The second-order valence-corrected chi connectivity index (χ2v) is 9.32. The molecule has 3 rings (SSSR count). The van der Waals surface area contributed by atoms with Gasteiger partial charge in [-0.2, -0.15) is 13.5 Å². The molecule has 0 aliphatic rings. The minimum atomic E-state index is -4.47. The first-order valence-corrected chi connectivity index (χ1v) is 10.9. The highest BCUT2D eigenvalue weighted by atomic mass is 35.5. The third kappa shape index (κ3) is 3.93. The fraction of sp³-hybridized carbons (Fsp3) is 0.167. The molecule has 1 atom stereocenters. The first-order chi connectivity index (χ1) is 12.6. The summed E-state index contributed by atoms with van der Waals surface area (Å²) in [6.07, 6.45) is 1.26. The number of nitrogen functional groups attached to an aromatic ring is 1. The molecule has 2 aromatic heterocycles. The number of rotatable bonds is 5. The van der Waals surface area contributed by atoms with Gasteiger partial charge in [0.05, 0.1) is 21.4 Å². The molecule has 3 N–H and O–H groups in total. The molecular formula is C12H11ClN6O5S3. The van der Waals surface area contributed by atoms with Gasteiger partial charge in [-0.3, -0.25) is 4.55 Å². The van der Waals surface area contributed by atoms with E-state index in [2.05, 4.69) is 20.3 Å². The van der Waals surface area contributed by atoms with Gasteiger partial charge in [-0.15, -0.1) is 10.2 Å². The highest BCUT2D eigenvalue weighted by Crippen LogP contribution is 2.35. The Labute approximate surface area is 163 Å². The summed E-state index contributed by atoms with van der Waals surface area (Å²) in [5.74, 6) is 0.0169. The summed E-state index contributed by atoms with van der Waals surface area (Å²) in [4.78, 5) is 3.71. The van der Waals surface area contributed by atoms with E-state index in [0.29, 0.717) is 10.2 Å². The number of halogens is 1. The fourth-order valence-corrected chi connectivity index (χ4v) is 4.35. The lowest BCUT2D eigenvalue weighted by molar-refractivity contribution is 0.483. The Bertz CT molecular complexity index is 1240. The zero-order chi connectivity index (χ0) is 19.9. The van der Waals surface area contributed by atoms with Crippen molar-refractivity contribution in [3.63, 3.8) is 0 Å². The molecule has 3 aromatic rings. The van der Waals surface area contributed by atoms with Gasteiger partial charge in [-0.25, -0.2) is 18.1 Å². The van der Waals surface area contributed by atoms with E-state index < -0.39 is 31.1 Å². The minimum absolute atomic E-state index is 0.0169. The Hall–Kier alpha value is -2.13. The molecule has 11 nitrogen and oxygen atoms in total. The van der Waals surface area contributed by atoms with Crippen LogP contribution in [0.2, 0.25) is 5.02 Å². The molecule has 0 amide bonds. The van der Waals surface area contributed by atoms with E-state index in [1.54, 1.807) is 0 Å². The monoisotopic (exact) mass is 450 g/mol. The van der Waals surface area contributed by atoms with Gasteiger partial charge in [0.2, 0.25) is 5.13 Å². The number of anilines is 1. The van der Waals surface area contributed by atoms with Crippen molar-refractivity contribution in [1.29, 1.82) is 0 Å². The van der Waals surface area contributed by atoms with Crippen LogP contribution in [0.5, 0.6) is 0 Å². The van der Waals surface area contributed by atoms with Crippen molar-refractivity contribution in [2.75, 3.05) is 5.73 Å². The van der Waals surface area contributed by atoms with Gasteiger partial charge in [-0.1, -0.05) is 22.9 Å². The first-order valence-electron chi connectivity index (χ1n) is 7.03. The van der Waals surface area contributed by atoms with Crippen molar-refractivity contribution < 1.29 is 21.4 Å². The van der Waals surface area contributed by atoms with Gasteiger partial charge in [0.25, 0.3) is 10.1 Å². The molecule has 1 unspecified atom stereocenters. The molecule has 27 heavy (non-hydrogen) atoms. The number of nitrogens with zero attached hydrogens (tertiary/aromatic N) is 5. The third-order valence-electron chi connectivity index (χ3n) is 3.42. The van der Waals surface area contributed by atoms with E-state index in [1.807, 2.05) is 0 Å². The maximum absolute atomic E-state index is 11.3. The number of thiazole rings is 1. The van der Waals surface area contributed by atoms with Crippen molar-refractivity contribution in [1.82, 2.24) is 14.8 Å². The summed E-state index contributed by atoms with van der Waals surface area (Å²) in [6, 6.07) is 2.47. The van der Waals surface area contributed by atoms with Gasteiger partial charge >= 0.3 is 0 Å². The number of hydrogen-bond acceptors (Lipinski definition) is 10. The summed E-state index contributed by atoms with van der Waals surface area (Å²) in [5.41, 5.74) is 6.33. The number of aromatic nitrogens is 3. The van der Waals surface area contributed by atoms with E-state index in [0.717, 1.165) is 16.0 Å². The summed E-state index contributed by atoms with van der Waals surface area (Å²) in [7, 11) is -7.24. The Kier molecular flexibility index (Phi) is 5.18. The van der Waals surface area contributed by atoms with Gasteiger partial charge in [0.1, 0.15) is 16.0 Å². The molecule has 0 aliphatic heterocycles. The largest absolute Gasteiger partial charge is 0.382 e. The Morgan fingerprint density at radius 3 is 2.70 bits per heavy atom. The van der Waals surface area contributed by atoms with Crippen LogP contribution in [-0.2, 0) is 20.8 Å². The topological polar surface area (TPSA) is 170 Å². The van der Waals surface area contributed by atoms with Gasteiger partial charge < -0.3 is 5.73 Å². The second kappa shape index (κ2) is 7.12. The highest BCUT2D eigenvalue weighted by molar-refractivity contribution is 7.86. The lowest BCUT2D eigenvalue weighted by Gasteiger charge is -2.05. The normalized spacial score (nSPS) is 13.8. The summed E-state index contributed by atoms with van der Waals surface area (Å²) >= 11 is 6.85. The molecule has 0 aliphatic carbocycles. The van der Waals surface area contributed by atoms with Crippen molar-refractivity contribution in [2.45, 2.75) is 17.2 Å². The molecule has 0 bridgehead atoms. The third-order valence-corrected chi connectivity index (χ3v) is 6.47. The number of benzene rings is 1. The van der Waals surface area contributed by atoms with E-state index in [-0.39, 0.29) is 21.7 Å². The predicted molar refractivity (Wildman–Crippen MR) is 100 cm³/mol. The quantitative estimate of drug-likeness (QED) is 0.302. The molecule has 0 fully saturated rings. The van der Waals surface area contributed by atoms with Crippen molar-refractivity contribution in [3.8, 4) is 0 Å². The van der Waals surface area contributed by atoms with Crippen LogP contribution in [0.3, 0.4) is 0 Å². The van der Waals surface area contributed by atoms with Crippen LogP contribution in [0.15, 0.2) is 33.5 Å². The predicted octanol–water partition coefficient (Wildman–Crippen LogP) is 2.52. The molecular weight excluding hydrogens is 440 g/mol. The van der Waals surface area contributed by atoms with Gasteiger partial charge in [0.15, 0.2) is 16.5 Å². The standard InChI is InChI=1S/C12H11ClN6O5S3/c1-5(26(20)21)19-11(14)8(4-15-19)17-18-12-16-7-2-6(13)10(27(22,23)24)3-9(7)25-12/h2-5,26H,14H2,1H3,(H,22,23,24). The molecule has 0 radical (unpaired) electrons. The van der Waals surface area contributed by atoms with Gasteiger partial charge in [-0.05, 0) is 19.1 Å². The Morgan fingerprint density at radius 2 is 2.07 bits per heavy atom. The van der Waals surface area contributed by atoms with Crippen LogP contribution in [-0.4, -0.2) is 36.2 Å². The smallest absolute Gasteiger partial charge is 0.296 e. The fourth-order valence-electron chi connectivity index (χ4n) is 2.08. The van der Waals surface area contributed by atoms with Crippen LogP contribution in [0.25, 0.3) is 10.2 Å². The molecule has 2 heterocycles. The SMILES string of the molecule is CC(n1ncc(N=Nc2nc3cc(Cl)c(S(=O)(=O)O)cc3s2)c1N)[SH](=O)=O. The maximum Gasteiger partial charge on any atom is 0.296 e. The minimum Gasteiger partial charge on any atom is -0.382 e. The van der Waals surface area contributed by atoms with Crippen molar-refractivity contribution in [3.05, 3.63) is 23.4 Å². The summed E-state index contributed by atoms with van der Waals surface area (Å²) < 4.78 is 55.4. The van der Waals surface area contributed by atoms with Crippen LogP contribution in [0.1, 0.15) is 12.3 Å². The second-order valence-electron chi connectivity index (χ2n) is 5.20. The number of fused-ring (bicyclic) bond motifs is 1. The van der Waals surface area contributed by atoms with E-state index in [4.69, 9.17) is 21.9 Å². The number of azo groups is 1. The van der Waals surface area contributed by atoms with Crippen LogP contribution in [0, 0.1) is 0 Å². The van der Waals surface area contributed by atoms with E-state index in [9.17, 15) is 16.8 Å². The zero-order valence-electron chi connectivity index (χ0n) is 13.3. The zero-order valence-corrected chi connectivity index (χ0v) is 16.6. The molecule has 0 spiro atoms. The molecule has 0 saturated heterocycles. The average Bonchev–Trinajstić information content (AvgIpc) is 3.13. The number of thiol groups is 1. The average molecular weight is 451 g/mol. The van der Waals surface area contributed by atoms with Crippen LogP contribution < -0.4 is 5.73 Å².